The summed E-state index contributed by atoms with van der Waals surface area (Å²) >= 11 is 11.2. The summed E-state index contributed by atoms with van der Waals surface area (Å²) in [5.74, 6) is 0.636. The Labute approximate surface area is 96.0 Å². The highest BCUT2D eigenvalue weighted by Gasteiger charge is 2.29. The Kier molecular flexibility index (Phi) is 9.25. The molecule has 2 atom stereocenters. The second-order valence-corrected chi connectivity index (χ2v) is 4.29. The van der Waals surface area contributed by atoms with E-state index in [1.54, 1.807) is 0 Å². The summed E-state index contributed by atoms with van der Waals surface area (Å²) < 4.78 is 21.4. The van der Waals surface area contributed by atoms with Crippen molar-refractivity contribution in [2.45, 2.75) is 38.9 Å². The molecule has 0 rings (SSSR count). The Morgan fingerprint density at radius 1 is 1.07 bits per heavy atom. The van der Waals surface area contributed by atoms with Crippen molar-refractivity contribution in [2.75, 3.05) is 11.8 Å². The fourth-order valence-corrected chi connectivity index (χ4v) is 2.41. The predicted octanol–water partition coefficient (Wildman–Crippen LogP) is 3.71. The maximum absolute atomic E-state index is 11.3. The highest BCUT2D eigenvalue weighted by molar-refractivity contribution is 7.33. The van der Waals surface area contributed by atoms with Crippen LogP contribution in [0.3, 0.4) is 0 Å². The van der Waals surface area contributed by atoms with Crippen molar-refractivity contribution in [1.82, 2.24) is 0 Å². The molecule has 0 amide bonds. The van der Waals surface area contributed by atoms with E-state index in [9.17, 15) is 4.57 Å². The molecule has 0 aliphatic carbocycles. The molecular formula is C8H16Cl2O3P+. The van der Waals surface area contributed by atoms with E-state index < -0.39 is 8.25 Å². The van der Waals surface area contributed by atoms with Gasteiger partial charge in [-0.15, -0.1) is 32.2 Å². The number of rotatable bonds is 8. The molecule has 0 aliphatic rings. The van der Waals surface area contributed by atoms with Gasteiger partial charge in [0.15, 0.2) is 0 Å². The Morgan fingerprint density at radius 3 is 1.64 bits per heavy atom. The van der Waals surface area contributed by atoms with Crippen molar-refractivity contribution in [2.24, 2.45) is 0 Å². The summed E-state index contributed by atoms with van der Waals surface area (Å²) in [5.41, 5.74) is 0. The van der Waals surface area contributed by atoms with E-state index in [1.165, 1.54) is 0 Å². The molecule has 0 aromatic rings. The molecule has 2 unspecified atom stereocenters. The zero-order valence-electron chi connectivity index (χ0n) is 8.41. The van der Waals surface area contributed by atoms with Gasteiger partial charge in [0.2, 0.25) is 0 Å². The third kappa shape index (κ3) is 6.15. The molecule has 0 spiro atoms. The lowest BCUT2D eigenvalue weighted by Gasteiger charge is -2.04. The van der Waals surface area contributed by atoms with Gasteiger partial charge in [-0.3, -0.25) is 0 Å². The lowest BCUT2D eigenvalue weighted by molar-refractivity contribution is 0.144. The number of halogens is 2. The van der Waals surface area contributed by atoms with Crippen LogP contribution in [0.1, 0.15) is 26.7 Å². The first-order valence-corrected chi connectivity index (χ1v) is 6.77. The summed E-state index contributed by atoms with van der Waals surface area (Å²) in [6.07, 6.45) is 0.998. The fourth-order valence-electron chi connectivity index (χ4n) is 0.692. The van der Waals surface area contributed by atoms with Gasteiger partial charge < -0.3 is 0 Å². The molecule has 0 aromatic heterocycles. The van der Waals surface area contributed by atoms with Crippen LogP contribution < -0.4 is 0 Å². The quantitative estimate of drug-likeness (QED) is 0.494. The highest BCUT2D eigenvalue weighted by atomic mass is 35.5. The Morgan fingerprint density at radius 2 is 1.43 bits per heavy atom. The van der Waals surface area contributed by atoms with E-state index in [1.807, 2.05) is 13.8 Å². The molecule has 3 nitrogen and oxygen atoms in total. The van der Waals surface area contributed by atoms with Crippen LogP contribution in [-0.2, 0) is 13.6 Å². The van der Waals surface area contributed by atoms with E-state index in [0.717, 1.165) is 0 Å². The van der Waals surface area contributed by atoms with Gasteiger partial charge in [0.25, 0.3) is 0 Å². The lowest BCUT2D eigenvalue weighted by atomic mass is 10.3. The van der Waals surface area contributed by atoms with E-state index in [0.29, 0.717) is 24.6 Å². The van der Waals surface area contributed by atoms with Crippen LogP contribution in [0.4, 0.5) is 0 Å². The van der Waals surface area contributed by atoms with Crippen molar-refractivity contribution >= 4 is 31.5 Å². The van der Waals surface area contributed by atoms with Crippen molar-refractivity contribution in [3.63, 3.8) is 0 Å². The smallest absolute Gasteiger partial charge is 0.124 e. The zero-order chi connectivity index (χ0) is 11.0. The van der Waals surface area contributed by atoms with Gasteiger partial charge in [-0.25, -0.2) is 0 Å². The third-order valence-corrected chi connectivity index (χ3v) is 3.35. The maximum Gasteiger partial charge on any atom is 0.698 e. The monoisotopic (exact) mass is 261 g/mol. The number of hydrogen-bond acceptors (Lipinski definition) is 3. The Balaban J connectivity index is 3.83. The lowest BCUT2D eigenvalue weighted by Crippen LogP contribution is -2.13. The molecule has 0 aromatic carbocycles. The van der Waals surface area contributed by atoms with Gasteiger partial charge in [0, 0.05) is 4.57 Å². The summed E-state index contributed by atoms with van der Waals surface area (Å²) in [6, 6.07) is 0. The van der Waals surface area contributed by atoms with Crippen LogP contribution in [-0.4, -0.2) is 24.0 Å². The predicted molar refractivity (Wildman–Crippen MR) is 59.4 cm³/mol. The van der Waals surface area contributed by atoms with E-state index in [2.05, 4.69) is 0 Å². The van der Waals surface area contributed by atoms with Crippen molar-refractivity contribution in [3.05, 3.63) is 0 Å². The molecular weight excluding hydrogens is 246 g/mol. The molecule has 0 heterocycles. The Hall–Kier alpha value is 0.600. The van der Waals surface area contributed by atoms with Gasteiger partial charge in [-0.05, 0) is 12.8 Å². The van der Waals surface area contributed by atoms with Crippen LogP contribution in [0, 0.1) is 0 Å². The first-order chi connectivity index (χ1) is 6.67. The third-order valence-electron chi connectivity index (χ3n) is 1.73. The minimum Gasteiger partial charge on any atom is -0.124 e. The summed E-state index contributed by atoms with van der Waals surface area (Å²) in [5, 5.41) is 0. The van der Waals surface area contributed by atoms with Crippen LogP contribution in [0.25, 0.3) is 0 Å². The van der Waals surface area contributed by atoms with Crippen molar-refractivity contribution in [1.29, 1.82) is 0 Å². The van der Waals surface area contributed by atoms with Crippen molar-refractivity contribution < 1.29 is 13.6 Å². The maximum atomic E-state index is 11.3. The summed E-state index contributed by atoms with van der Waals surface area (Å²) in [6.45, 7) is 3.82. The zero-order valence-corrected chi connectivity index (χ0v) is 10.8. The molecule has 84 valence electrons. The average molecular weight is 262 g/mol. The number of alkyl halides is 2. The molecule has 0 fully saturated rings. The second kappa shape index (κ2) is 8.87. The normalized spacial score (nSPS) is 16.4. The molecule has 0 aliphatic heterocycles. The van der Waals surface area contributed by atoms with Crippen LogP contribution in [0.15, 0.2) is 0 Å². The molecule has 0 N–H and O–H groups in total. The fraction of sp³-hybridized carbons (Fsp3) is 1.00. The van der Waals surface area contributed by atoms with Gasteiger partial charge in [-0.1, -0.05) is 13.8 Å². The summed E-state index contributed by atoms with van der Waals surface area (Å²) in [7, 11) is -2.10. The minimum absolute atomic E-state index is 0.215. The van der Waals surface area contributed by atoms with Crippen LogP contribution >= 0.6 is 31.5 Å². The average Bonchev–Trinajstić information content (AvgIpc) is 2.22. The first kappa shape index (κ1) is 14.6. The second-order valence-electron chi connectivity index (χ2n) is 2.80. The molecule has 0 saturated heterocycles. The van der Waals surface area contributed by atoms with Crippen LogP contribution in [0.2, 0.25) is 0 Å². The van der Waals surface area contributed by atoms with E-state index >= 15 is 0 Å². The highest BCUT2D eigenvalue weighted by Crippen LogP contribution is 2.30. The van der Waals surface area contributed by atoms with Crippen LogP contribution in [0.5, 0.6) is 0 Å². The van der Waals surface area contributed by atoms with E-state index in [-0.39, 0.29) is 12.2 Å². The standard InChI is InChI=1S/C8H16Cl2O3P/c1-3-7(5-9)12-14(11)13-8(4-2)6-10/h7-8H,3-6H2,1-2H3/q+1. The van der Waals surface area contributed by atoms with Gasteiger partial charge in [-0.2, -0.15) is 0 Å². The molecule has 0 radical (unpaired) electrons. The van der Waals surface area contributed by atoms with Gasteiger partial charge >= 0.3 is 8.25 Å². The molecule has 14 heavy (non-hydrogen) atoms. The number of hydrogen-bond donors (Lipinski definition) is 0. The Bertz CT molecular complexity index is 145. The first-order valence-electron chi connectivity index (χ1n) is 4.60. The van der Waals surface area contributed by atoms with E-state index in [4.69, 9.17) is 32.2 Å². The SMILES string of the molecule is CCC(CCl)O[P+](=O)OC(CC)CCl. The molecule has 0 bridgehead atoms. The molecule has 0 saturated carbocycles. The molecule has 6 heteroatoms. The topological polar surface area (TPSA) is 35.5 Å². The minimum atomic E-state index is -2.10. The largest absolute Gasteiger partial charge is 0.698 e. The summed E-state index contributed by atoms with van der Waals surface area (Å²) in [4.78, 5) is 0. The van der Waals surface area contributed by atoms with Gasteiger partial charge in [0.1, 0.15) is 12.2 Å². The van der Waals surface area contributed by atoms with Crippen molar-refractivity contribution in [3.8, 4) is 0 Å². The van der Waals surface area contributed by atoms with Gasteiger partial charge in [0.05, 0.1) is 11.8 Å².